The highest BCUT2D eigenvalue weighted by molar-refractivity contribution is 5.57. The average molecular weight is 350 g/mol. The number of hydrogen-bond acceptors (Lipinski definition) is 7. The van der Waals surface area contributed by atoms with E-state index >= 15 is 0 Å². The van der Waals surface area contributed by atoms with Gasteiger partial charge in [0, 0.05) is 44.1 Å². The summed E-state index contributed by atoms with van der Waals surface area (Å²) in [5.41, 5.74) is 6.73. The highest BCUT2D eigenvalue weighted by Gasteiger charge is 2.37. The number of piperazine rings is 1. The molecule has 0 radical (unpaired) electrons. The molecule has 2 saturated heterocycles. The number of fused-ring (bicyclic) bond motifs is 1. The first kappa shape index (κ1) is 16.6. The monoisotopic (exact) mass is 350 g/mol. The molecule has 0 bridgehead atoms. The Bertz CT molecular complexity index is 845. The molecule has 0 spiro atoms. The molecule has 4 heterocycles. The van der Waals surface area contributed by atoms with Crippen LogP contribution in [0.5, 0.6) is 5.88 Å². The summed E-state index contributed by atoms with van der Waals surface area (Å²) in [5, 5.41) is 0. The molecule has 134 valence electrons. The summed E-state index contributed by atoms with van der Waals surface area (Å²) in [5.74, 6) is 8.50. The van der Waals surface area contributed by atoms with Gasteiger partial charge in [-0.05, 0) is 24.8 Å². The van der Waals surface area contributed by atoms with Crippen molar-refractivity contribution in [3.05, 3.63) is 36.3 Å². The van der Waals surface area contributed by atoms with Crippen molar-refractivity contribution in [2.24, 2.45) is 0 Å². The lowest BCUT2D eigenvalue weighted by atomic mass is 10.1. The molecule has 4 rings (SSSR count). The number of pyridine rings is 1. The van der Waals surface area contributed by atoms with E-state index in [-0.39, 0.29) is 6.04 Å². The first-order valence-corrected chi connectivity index (χ1v) is 8.84. The van der Waals surface area contributed by atoms with E-state index in [0.717, 1.165) is 44.0 Å². The van der Waals surface area contributed by atoms with Crippen molar-refractivity contribution in [2.75, 3.05) is 37.4 Å². The molecule has 2 aromatic heterocycles. The van der Waals surface area contributed by atoms with Crippen LogP contribution in [0.2, 0.25) is 0 Å². The van der Waals surface area contributed by atoms with Crippen LogP contribution in [0.1, 0.15) is 18.5 Å². The van der Waals surface area contributed by atoms with E-state index in [9.17, 15) is 0 Å². The van der Waals surface area contributed by atoms with Crippen LogP contribution in [0, 0.1) is 11.8 Å². The summed E-state index contributed by atoms with van der Waals surface area (Å²) in [7, 11) is 1.62. The number of aromatic nitrogens is 3. The minimum Gasteiger partial charge on any atom is -0.481 e. The molecule has 26 heavy (non-hydrogen) atoms. The van der Waals surface area contributed by atoms with Crippen molar-refractivity contribution in [1.29, 1.82) is 0 Å². The van der Waals surface area contributed by atoms with Crippen LogP contribution >= 0.6 is 0 Å². The van der Waals surface area contributed by atoms with Crippen LogP contribution in [0.3, 0.4) is 0 Å². The zero-order chi connectivity index (χ0) is 17.9. The van der Waals surface area contributed by atoms with Gasteiger partial charge in [-0.1, -0.05) is 12.0 Å². The third kappa shape index (κ3) is 3.28. The molecule has 0 aliphatic carbocycles. The largest absolute Gasteiger partial charge is 0.481 e. The predicted molar refractivity (Wildman–Crippen MR) is 99.8 cm³/mol. The number of nitrogens with two attached hydrogens (primary N) is 1. The van der Waals surface area contributed by atoms with Crippen molar-refractivity contribution in [3.8, 4) is 17.7 Å². The summed E-state index contributed by atoms with van der Waals surface area (Å²) in [6.07, 6.45) is 5.53. The molecule has 0 aromatic carbocycles. The average Bonchev–Trinajstić information content (AvgIpc) is 3.09. The molecule has 7 heteroatoms. The van der Waals surface area contributed by atoms with Crippen LogP contribution < -0.4 is 15.4 Å². The second kappa shape index (κ2) is 7.18. The summed E-state index contributed by atoms with van der Waals surface area (Å²) >= 11 is 0. The zero-order valence-corrected chi connectivity index (χ0v) is 14.8. The van der Waals surface area contributed by atoms with Gasteiger partial charge in [0.2, 0.25) is 5.88 Å². The molecule has 0 unspecified atom stereocenters. The fraction of sp³-hybridized carbons (Fsp3) is 0.421. The number of ether oxygens (including phenoxy) is 1. The highest BCUT2D eigenvalue weighted by Crippen LogP contribution is 2.30. The number of rotatable bonds is 2. The van der Waals surface area contributed by atoms with Gasteiger partial charge in [0.25, 0.3) is 0 Å². The maximum absolute atomic E-state index is 5.98. The minimum atomic E-state index is 0.273. The Labute approximate surface area is 153 Å². The van der Waals surface area contributed by atoms with Gasteiger partial charge in [-0.2, -0.15) is 0 Å². The molecule has 0 saturated carbocycles. The highest BCUT2D eigenvalue weighted by atomic mass is 16.5. The summed E-state index contributed by atoms with van der Waals surface area (Å²) in [6.45, 7) is 2.75. The van der Waals surface area contributed by atoms with Gasteiger partial charge in [-0.15, -0.1) is 0 Å². The maximum Gasteiger partial charge on any atom is 0.214 e. The number of anilines is 2. The Balaban J connectivity index is 1.45. The van der Waals surface area contributed by atoms with Crippen molar-refractivity contribution in [2.45, 2.75) is 24.9 Å². The third-order valence-electron chi connectivity index (χ3n) is 5.01. The standard InChI is InChI=1S/C19H22N6O/c1-26-17-4-2-3-14(23-17)5-6-15-7-8-16-13-24(11-12-25(15)16)19-18(20)21-9-10-22-19/h2-4,9-10,15-16H,7-8,11-13H2,1H3,(H2,20,21)/t15-,16-/m0/s1. The maximum atomic E-state index is 5.98. The van der Waals surface area contributed by atoms with Crippen LogP contribution in [-0.2, 0) is 0 Å². The van der Waals surface area contributed by atoms with Gasteiger partial charge in [-0.3, -0.25) is 4.90 Å². The number of hydrogen-bond donors (Lipinski definition) is 1. The summed E-state index contributed by atoms with van der Waals surface area (Å²) in [6, 6.07) is 6.40. The number of methoxy groups -OCH3 is 1. The molecule has 2 aromatic rings. The second-order valence-electron chi connectivity index (χ2n) is 6.53. The van der Waals surface area contributed by atoms with Crippen molar-refractivity contribution in [3.63, 3.8) is 0 Å². The van der Waals surface area contributed by atoms with Gasteiger partial charge in [0.05, 0.1) is 13.2 Å². The smallest absolute Gasteiger partial charge is 0.214 e. The molecule has 2 N–H and O–H groups in total. The summed E-state index contributed by atoms with van der Waals surface area (Å²) in [4.78, 5) is 17.7. The minimum absolute atomic E-state index is 0.273. The van der Waals surface area contributed by atoms with Crippen molar-refractivity contribution >= 4 is 11.6 Å². The number of nitrogens with zero attached hydrogens (tertiary/aromatic N) is 5. The van der Waals surface area contributed by atoms with E-state index in [1.54, 1.807) is 19.5 Å². The Kier molecular flexibility index (Phi) is 4.59. The normalized spacial score (nSPS) is 22.4. The molecular formula is C19H22N6O. The van der Waals surface area contributed by atoms with Gasteiger partial charge < -0.3 is 15.4 Å². The molecule has 7 nitrogen and oxygen atoms in total. The second-order valence-corrected chi connectivity index (χ2v) is 6.53. The third-order valence-corrected chi connectivity index (χ3v) is 5.01. The van der Waals surface area contributed by atoms with E-state index < -0.39 is 0 Å². The Morgan fingerprint density at radius 2 is 2.08 bits per heavy atom. The lowest BCUT2D eigenvalue weighted by molar-refractivity contribution is 0.202. The molecule has 2 aliphatic heterocycles. The predicted octanol–water partition coefficient (Wildman–Crippen LogP) is 1.17. The molecule has 2 atom stereocenters. The van der Waals surface area contributed by atoms with Crippen LogP contribution in [-0.4, -0.2) is 58.7 Å². The fourth-order valence-corrected chi connectivity index (χ4v) is 3.74. The Hall–Kier alpha value is -2.85. The fourth-order valence-electron chi connectivity index (χ4n) is 3.74. The Morgan fingerprint density at radius 1 is 1.19 bits per heavy atom. The van der Waals surface area contributed by atoms with Gasteiger partial charge in [0.1, 0.15) is 5.69 Å². The molecule has 2 fully saturated rings. The van der Waals surface area contributed by atoms with Crippen LogP contribution in [0.25, 0.3) is 0 Å². The zero-order valence-electron chi connectivity index (χ0n) is 14.8. The molecule has 0 amide bonds. The lowest BCUT2D eigenvalue weighted by Crippen LogP contribution is -2.52. The van der Waals surface area contributed by atoms with Gasteiger partial charge in [-0.25, -0.2) is 15.0 Å². The Morgan fingerprint density at radius 3 is 2.92 bits per heavy atom. The van der Waals surface area contributed by atoms with Gasteiger partial charge >= 0.3 is 0 Å². The topological polar surface area (TPSA) is 80.4 Å². The van der Waals surface area contributed by atoms with E-state index in [0.29, 0.717) is 17.7 Å². The quantitative estimate of drug-likeness (QED) is 0.814. The lowest BCUT2D eigenvalue weighted by Gasteiger charge is -2.39. The first-order chi connectivity index (χ1) is 12.7. The molecular weight excluding hydrogens is 328 g/mol. The van der Waals surface area contributed by atoms with Crippen molar-refractivity contribution < 1.29 is 4.74 Å². The van der Waals surface area contributed by atoms with Gasteiger partial charge in [0.15, 0.2) is 11.6 Å². The molecule has 2 aliphatic rings. The van der Waals surface area contributed by atoms with E-state index in [4.69, 9.17) is 10.5 Å². The van der Waals surface area contributed by atoms with Crippen LogP contribution in [0.4, 0.5) is 11.6 Å². The van der Waals surface area contributed by atoms with E-state index in [2.05, 4.69) is 36.6 Å². The summed E-state index contributed by atoms with van der Waals surface area (Å²) < 4.78 is 5.16. The first-order valence-electron chi connectivity index (χ1n) is 8.84. The van der Waals surface area contributed by atoms with Crippen molar-refractivity contribution in [1.82, 2.24) is 19.9 Å². The van der Waals surface area contributed by atoms with Crippen LogP contribution in [0.15, 0.2) is 30.6 Å². The van der Waals surface area contributed by atoms with E-state index in [1.807, 2.05) is 18.2 Å². The SMILES string of the molecule is COc1cccc(C#C[C@H]2CC[C@H]3CN(c4nccnc4N)CCN32)n1. The number of nitrogen functional groups attached to an aromatic ring is 1. The van der Waals surface area contributed by atoms with E-state index in [1.165, 1.54) is 0 Å².